The zero-order valence-electron chi connectivity index (χ0n) is 16.7. The number of aryl methyl sites for hydroxylation is 1. The quantitative estimate of drug-likeness (QED) is 0.745. The molecule has 1 amide bonds. The highest BCUT2D eigenvalue weighted by atomic mass is 19.1. The lowest BCUT2D eigenvalue weighted by Gasteiger charge is -2.35. The van der Waals surface area contributed by atoms with E-state index < -0.39 is 0 Å². The topological polar surface area (TPSA) is 52.6 Å². The summed E-state index contributed by atoms with van der Waals surface area (Å²) in [5.74, 6) is 1.32. The molecule has 0 spiro atoms. The summed E-state index contributed by atoms with van der Waals surface area (Å²) in [6.07, 6.45) is 5.37. The van der Waals surface area contributed by atoms with E-state index >= 15 is 0 Å². The van der Waals surface area contributed by atoms with Crippen molar-refractivity contribution in [3.05, 3.63) is 53.5 Å². The second-order valence-electron chi connectivity index (χ2n) is 7.53. The molecule has 2 fully saturated rings. The highest BCUT2D eigenvalue weighted by Crippen LogP contribution is 2.22. The van der Waals surface area contributed by atoms with Crippen LogP contribution in [0.2, 0.25) is 0 Å². The molecule has 0 N–H and O–H groups in total. The molecular formula is C22H26FN5O. The molecule has 29 heavy (non-hydrogen) atoms. The van der Waals surface area contributed by atoms with Gasteiger partial charge in [0.1, 0.15) is 11.6 Å². The molecule has 0 bridgehead atoms. The largest absolute Gasteiger partial charge is 0.353 e. The fourth-order valence-corrected chi connectivity index (χ4v) is 3.79. The molecule has 1 aromatic heterocycles. The number of amides is 1. The third-order valence-electron chi connectivity index (χ3n) is 5.44. The van der Waals surface area contributed by atoms with Gasteiger partial charge in [0, 0.05) is 62.7 Å². The molecule has 1 aromatic carbocycles. The number of carbonyl (C=O) groups is 1. The van der Waals surface area contributed by atoms with Crippen molar-refractivity contribution in [1.82, 2.24) is 14.9 Å². The number of carbonyl (C=O) groups excluding carboxylic acids is 1. The summed E-state index contributed by atoms with van der Waals surface area (Å²) >= 11 is 0. The predicted octanol–water partition coefficient (Wildman–Crippen LogP) is 2.89. The van der Waals surface area contributed by atoms with Gasteiger partial charge < -0.3 is 14.7 Å². The van der Waals surface area contributed by atoms with Crippen molar-refractivity contribution in [3.63, 3.8) is 0 Å². The van der Waals surface area contributed by atoms with Crippen LogP contribution in [0, 0.1) is 12.7 Å². The van der Waals surface area contributed by atoms with E-state index in [1.165, 1.54) is 25.0 Å². The molecular weight excluding hydrogens is 369 g/mol. The van der Waals surface area contributed by atoms with E-state index in [1.54, 1.807) is 29.2 Å². The Balaban J connectivity index is 1.38. The molecule has 0 saturated carbocycles. The van der Waals surface area contributed by atoms with Crippen LogP contribution in [0.1, 0.15) is 24.1 Å². The van der Waals surface area contributed by atoms with Crippen LogP contribution in [0.5, 0.6) is 0 Å². The molecule has 0 unspecified atom stereocenters. The van der Waals surface area contributed by atoms with E-state index in [9.17, 15) is 9.18 Å². The smallest absolute Gasteiger partial charge is 0.246 e. The van der Waals surface area contributed by atoms with E-state index in [2.05, 4.69) is 14.8 Å². The SMILES string of the molecule is Cc1cc(N2CCN(C(=O)/C=C/c3ccccc3F)CC2)nc(N2CCCC2)n1. The Morgan fingerprint density at radius 1 is 1.00 bits per heavy atom. The Morgan fingerprint density at radius 2 is 1.72 bits per heavy atom. The van der Waals surface area contributed by atoms with Crippen molar-refractivity contribution in [2.45, 2.75) is 19.8 Å². The Labute approximate surface area is 170 Å². The van der Waals surface area contributed by atoms with Gasteiger partial charge in [0.2, 0.25) is 11.9 Å². The van der Waals surface area contributed by atoms with Gasteiger partial charge in [-0.2, -0.15) is 4.98 Å². The van der Waals surface area contributed by atoms with Gasteiger partial charge in [0.05, 0.1) is 0 Å². The van der Waals surface area contributed by atoms with E-state index in [4.69, 9.17) is 4.98 Å². The predicted molar refractivity (Wildman–Crippen MR) is 112 cm³/mol. The van der Waals surface area contributed by atoms with E-state index in [0.717, 1.165) is 43.6 Å². The van der Waals surface area contributed by atoms with E-state index in [1.807, 2.05) is 13.0 Å². The van der Waals surface area contributed by atoms with Gasteiger partial charge in [-0.3, -0.25) is 4.79 Å². The summed E-state index contributed by atoms with van der Waals surface area (Å²) in [6.45, 7) is 6.69. The van der Waals surface area contributed by atoms with Crippen molar-refractivity contribution in [2.24, 2.45) is 0 Å². The lowest BCUT2D eigenvalue weighted by atomic mass is 10.2. The number of hydrogen-bond acceptors (Lipinski definition) is 5. The number of nitrogens with zero attached hydrogens (tertiary/aromatic N) is 5. The van der Waals surface area contributed by atoms with Crippen molar-refractivity contribution in [2.75, 3.05) is 49.1 Å². The maximum absolute atomic E-state index is 13.7. The van der Waals surface area contributed by atoms with Crippen molar-refractivity contribution >= 4 is 23.7 Å². The summed E-state index contributed by atoms with van der Waals surface area (Å²) in [5, 5.41) is 0. The monoisotopic (exact) mass is 395 g/mol. The first-order chi connectivity index (χ1) is 14.1. The van der Waals surface area contributed by atoms with Crippen molar-refractivity contribution in [1.29, 1.82) is 0 Å². The Morgan fingerprint density at radius 3 is 2.45 bits per heavy atom. The number of hydrogen-bond donors (Lipinski definition) is 0. The fourth-order valence-electron chi connectivity index (χ4n) is 3.79. The van der Waals surface area contributed by atoms with Gasteiger partial charge >= 0.3 is 0 Å². The van der Waals surface area contributed by atoms with Gasteiger partial charge in [-0.1, -0.05) is 18.2 Å². The Bertz CT molecular complexity index is 902. The van der Waals surface area contributed by atoms with Crippen molar-refractivity contribution < 1.29 is 9.18 Å². The Kier molecular flexibility index (Phi) is 5.74. The lowest BCUT2D eigenvalue weighted by molar-refractivity contribution is -0.126. The molecule has 2 aliphatic rings. The third kappa shape index (κ3) is 4.55. The highest BCUT2D eigenvalue weighted by Gasteiger charge is 2.23. The zero-order chi connectivity index (χ0) is 20.2. The summed E-state index contributed by atoms with van der Waals surface area (Å²) in [7, 11) is 0. The fraction of sp³-hybridized carbons (Fsp3) is 0.409. The number of aromatic nitrogens is 2. The number of anilines is 2. The molecule has 3 heterocycles. The van der Waals surface area contributed by atoms with Crippen molar-refractivity contribution in [3.8, 4) is 0 Å². The summed E-state index contributed by atoms with van der Waals surface area (Å²) < 4.78 is 13.7. The second-order valence-corrected chi connectivity index (χ2v) is 7.53. The van der Waals surface area contributed by atoms with Crippen LogP contribution in [0.3, 0.4) is 0 Å². The molecule has 0 aliphatic carbocycles. The first-order valence-electron chi connectivity index (χ1n) is 10.2. The minimum atomic E-state index is -0.325. The average molecular weight is 395 g/mol. The zero-order valence-corrected chi connectivity index (χ0v) is 16.7. The molecule has 152 valence electrons. The minimum Gasteiger partial charge on any atom is -0.353 e. The summed E-state index contributed by atoms with van der Waals surface area (Å²) in [5.41, 5.74) is 1.38. The maximum Gasteiger partial charge on any atom is 0.246 e. The van der Waals surface area contributed by atoms with Crippen LogP contribution in [0.4, 0.5) is 16.2 Å². The normalized spacial score (nSPS) is 17.4. The van der Waals surface area contributed by atoms with Crippen LogP contribution in [0.25, 0.3) is 6.08 Å². The highest BCUT2D eigenvalue weighted by molar-refractivity contribution is 5.92. The van der Waals surface area contributed by atoms with Crippen LogP contribution in [0.15, 0.2) is 36.4 Å². The number of benzene rings is 1. The average Bonchev–Trinajstić information content (AvgIpc) is 3.28. The van der Waals surface area contributed by atoms with Crippen LogP contribution in [-0.2, 0) is 4.79 Å². The number of piperazine rings is 1. The first-order valence-corrected chi connectivity index (χ1v) is 10.2. The standard InChI is InChI=1S/C22H26FN5O/c1-17-16-20(25-22(24-17)28-10-4-5-11-28)26-12-14-27(15-13-26)21(29)9-8-18-6-2-3-7-19(18)23/h2-3,6-9,16H,4-5,10-15H2,1H3/b9-8+. The Hall–Kier alpha value is -2.96. The second kappa shape index (κ2) is 8.59. The number of rotatable bonds is 4. The van der Waals surface area contributed by atoms with Gasteiger partial charge in [-0.15, -0.1) is 0 Å². The van der Waals surface area contributed by atoms with E-state index in [-0.39, 0.29) is 11.7 Å². The van der Waals surface area contributed by atoms with Gasteiger partial charge in [-0.05, 0) is 31.9 Å². The minimum absolute atomic E-state index is 0.0930. The molecule has 6 nitrogen and oxygen atoms in total. The van der Waals surface area contributed by atoms with Crippen LogP contribution < -0.4 is 9.80 Å². The van der Waals surface area contributed by atoms with Gasteiger partial charge in [-0.25, -0.2) is 9.37 Å². The molecule has 2 saturated heterocycles. The first kappa shape index (κ1) is 19.4. The molecule has 7 heteroatoms. The van der Waals surface area contributed by atoms with Gasteiger partial charge in [0.25, 0.3) is 0 Å². The number of halogens is 1. The van der Waals surface area contributed by atoms with E-state index in [0.29, 0.717) is 18.7 Å². The van der Waals surface area contributed by atoms with Crippen LogP contribution in [-0.4, -0.2) is 60.0 Å². The maximum atomic E-state index is 13.7. The third-order valence-corrected chi connectivity index (χ3v) is 5.44. The summed E-state index contributed by atoms with van der Waals surface area (Å²) in [6, 6.07) is 8.45. The molecule has 2 aliphatic heterocycles. The summed E-state index contributed by atoms with van der Waals surface area (Å²) in [4.78, 5) is 28.1. The molecule has 0 atom stereocenters. The lowest BCUT2D eigenvalue weighted by Crippen LogP contribution is -2.48. The molecule has 0 radical (unpaired) electrons. The van der Waals surface area contributed by atoms with Gasteiger partial charge in [0.15, 0.2) is 0 Å². The molecule has 2 aromatic rings. The van der Waals surface area contributed by atoms with Crippen LogP contribution >= 0.6 is 0 Å². The molecule has 4 rings (SSSR count).